The number of aromatic nitrogens is 2. The highest BCUT2D eigenvalue weighted by Crippen LogP contribution is 2.32. The van der Waals surface area contributed by atoms with Crippen LogP contribution in [0.3, 0.4) is 0 Å². The zero-order valence-corrected chi connectivity index (χ0v) is 15.9. The lowest BCUT2D eigenvalue weighted by Gasteiger charge is -2.28. The quantitative estimate of drug-likeness (QED) is 0.800. The summed E-state index contributed by atoms with van der Waals surface area (Å²) in [5.41, 5.74) is 2.69. The first kappa shape index (κ1) is 17.8. The Bertz CT molecular complexity index is 795. The summed E-state index contributed by atoms with van der Waals surface area (Å²) >= 11 is 0. The van der Waals surface area contributed by atoms with E-state index in [0.717, 1.165) is 36.0 Å². The van der Waals surface area contributed by atoms with E-state index in [9.17, 15) is 4.79 Å². The van der Waals surface area contributed by atoms with E-state index >= 15 is 0 Å². The molecular weight excluding hydrogens is 338 g/mol. The summed E-state index contributed by atoms with van der Waals surface area (Å²) < 4.78 is 0. The first-order valence-corrected chi connectivity index (χ1v) is 9.93. The van der Waals surface area contributed by atoms with Crippen LogP contribution in [-0.2, 0) is 4.79 Å². The molecule has 0 spiro atoms. The van der Waals surface area contributed by atoms with Gasteiger partial charge in [0.1, 0.15) is 5.82 Å². The van der Waals surface area contributed by atoms with Gasteiger partial charge in [-0.3, -0.25) is 4.79 Å². The van der Waals surface area contributed by atoms with Crippen LogP contribution in [0.4, 0.5) is 23.1 Å². The van der Waals surface area contributed by atoms with Gasteiger partial charge in [0.05, 0.1) is 0 Å². The lowest BCUT2D eigenvalue weighted by atomic mass is 10.1. The van der Waals surface area contributed by atoms with Crippen molar-refractivity contribution in [1.29, 1.82) is 0 Å². The molecule has 142 valence electrons. The Morgan fingerprint density at radius 2 is 1.78 bits per heavy atom. The van der Waals surface area contributed by atoms with Gasteiger partial charge in [-0.25, -0.2) is 4.98 Å². The molecule has 2 fully saturated rings. The highest BCUT2D eigenvalue weighted by atomic mass is 16.1. The number of carbonyl (C=O) groups excluding carboxylic acids is 1. The van der Waals surface area contributed by atoms with E-state index in [-0.39, 0.29) is 5.91 Å². The molecule has 0 unspecified atom stereocenters. The smallest absolute Gasteiger partial charge is 0.229 e. The number of anilines is 4. The summed E-state index contributed by atoms with van der Waals surface area (Å²) in [6.07, 6.45) is 6.75. The molecular formula is C21H27N5O. The molecule has 1 saturated heterocycles. The van der Waals surface area contributed by atoms with Gasteiger partial charge in [0, 0.05) is 42.6 Å². The number of aryl methyl sites for hydroxylation is 1. The Kier molecular flexibility index (Phi) is 5.23. The number of piperidine rings is 1. The number of benzene rings is 1. The molecule has 0 bridgehead atoms. The summed E-state index contributed by atoms with van der Waals surface area (Å²) in [5.74, 6) is 2.31. The van der Waals surface area contributed by atoms with Gasteiger partial charge in [-0.2, -0.15) is 4.98 Å². The predicted molar refractivity (Wildman–Crippen MR) is 109 cm³/mol. The van der Waals surface area contributed by atoms with Crippen LogP contribution < -0.4 is 15.5 Å². The van der Waals surface area contributed by atoms with Gasteiger partial charge in [-0.15, -0.1) is 0 Å². The molecule has 1 aromatic carbocycles. The van der Waals surface area contributed by atoms with E-state index < -0.39 is 0 Å². The molecule has 1 aromatic heterocycles. The van der Waals surface area contributed by atoms with Crippen LogP contribution in [0.5, 0.6) is 0 Å². The maximum Gasteiger partial charge on any atom is 0.229 e. The Labute approximate surface area is 160 Å². The van der Waals surface area contributed by atoms with Crippen LogP contribution in [-0.4, -0.2) is 29.0 Å². The second kappa shape index (κ2) is 7.94. The van der Waals surface area contributed by atoms with Gasteiger partial charge in [0.15, 0.2) is 0 Å². The molecule has 1 amide bonds. The molecule has 6 nitrogen and oxygen atoms in total. The molecule has 0 atom stereocenters. The summed E-state index contributed by atoms with van der Waals surface area (Å²) in [6, 6.07) is 9.76. The van der Waals surface area contributed by atoms with Crippen molar-refractivity contribution >= 4 is 29.0 Å². The van der Waals surface area contributed by atoms with Crippen LogP contribution in [0.2, 0.25) is 0 Å². The average Bonchev–Trinajstić information content (AvgIpc) is 3.47. The normalized spacial score (nSPS) is 16.9. The molecule has 2 heterocycles. The van der Waals surface area contributed by atoms with Crippen LogP contribution in [0, 0.1) is 12.8 Å². The fraction of sp³-hybridized carbons (Fsp3) is 0.476. The molecule has 1 aliphatic carbocycles. The van der Waals surface area contributed by atoms with Crippen molar-refractivity contribution in [3.8, 4) is 0 Å². The Morgan fingerprint density at radius 1 is 1.07 bits per heavy atom. The minimum absolute atomic E-state index is 0.103. The molecule has 1 aliphatic heterocycles. The van der Waals surface area contributed by atoms with E-state index in [1.807, 2.05) is 31.2 Å². The van der Waals surface area contributed by atoms with Crippen molar-refractivity contribution in [2.75, 3.05) is 28.6 Å². The molecule has 4 rings (SSSR count). The van der Waals surface area contributed by atoms with Crippen LogP contribution in [0.1, 0.15) is 44.2 Å². The second-order valence-electron chi connectivity index (χ2n) is 7.64. The first-order chi connectivity index (χ1) is 13.2. The maximum absolute atomic E-state index is 11.9. The molecule has 2 aliphatic rings. The molecule has 1 saturated carbocycles. The Morgan fingerprint density at radius 3 is 2.48 bits per heavy atom. The fourth-order valence-corrected chi connectivity index (χ4v) is 3.46. The van der Waals surface area contributed by atoms with Crippen LogP contribution in [0.15, 0.2) is 30.3 Å². The lowest BCUT2D eigenvalue weighted by molar-refractivity contribution is -0.116. The van der Waals surface area contributed by atoms with Gasteiger partial charge in [0.25, 0.3) is 0 Å². The third-order valence-corrected chi connectivity index (χ3v) is 5.12. The molecule has 2 N–H and O–H groups in total. The highest BCUT2D eigenvalue weighted by molar-refractivity contribution is 5.91. The number of nitrogens with zero attached hydrogens (tertiary/aromatic N) is 3. The number of rotatable bonds is 6. The SMILES string of the molecule is Cc1cc(N2CCCCC2)nc(Nc2ccc(NC(=O)CC3CC3)cc2)n1. The summed E-state index contributed by atoms with van der Waals surface area (Å²) in [7, 11) is 0. The number of hydrogen-bond acceptors (Lipinski definition) is 5. The largest absolute Gasteiger partial charge is 0.356 e. The van der Waals surface area contributed by atoms with Crippen molar-refractivity contribution < 1.29 is 4.79 Å². The highest BCUT2D eigenvalue weighted by Gasteiger charge is 2.24. The lowest BCUT2D eigenvalue weighted by Crippen LogP contribution is -2.30. The topological polar surface area (TPSA) is 70.2 Å². The molecule has 6 heteroatoms. The van der Waals surface area contributed by atoms with Crippen LogP contribution in [0.25, 0.3) is 0 Å². The van der Waals surface area contributed by atoms with Gasteiger partial charge < -0.3 is 15.5 Å². The Hall–Kier alpha value is -2.63. The average molecular weight is 365 g/mol. The van der Waals surface area contributed by atoms with Crippen LogP contribution >= 0.6 is 0 Å². The third kappa shape index (κ3) is 4.96. The molecule has 2 aromatic rings. The number of amides is 1. The third-order valence-electron chi connectivity index (χ3n) is 5.12. The van der Waals surface area contributed by atoms with Gasteiger partial charge in [-0.05, 0) is 69.2 Å². The maximum atomic E-state index is 11.9. The van der Waals surface area contributed by atoms with Crippen molar-refractivity contribution in [1.82, 2.24) is 9.97 Å². The zero-order chi connectivity index (χ0) is 18.6. The summed E-state index contributed by atoms with van der Waals surface area (Å²) in [5, 5.41) is 6.25. The first-order valence-electron chi connectivity index (χ1n) is 9.93. The standard InChI is InChI=1S/C21H27N5O/c1-15-13-19(26-11-3-2-4-12-26)25-21(22-15)24-18-9-7-17(8-10-18)23-20(27)14-16-5-6-16/h7-10,13,16H,2-6,11-12,14H2,1H3,(H,23,27)(H,22,24,25). The number of nitrogens with one attached hydrogen (secondary N) is 2. The number of hydrogen-bond donors (Lipinski definition) is 2. The predicted octanol–water partition coefficient (Wildman–Crippen LogP) is 4.26. The van der Waals surface area contributed by atoms with E-state index in [0.29, 0.717) is 18.3 Å². The monoisotopic (exact) mass is 365 g/mol. The van der Waals surface area contributed by atoms with Gasteiger partial charge in [0.2, 0.25) is 11.9 Å². The van der Waals surface area contributed by atoms with Crippen molar-refractivity contribution in [2.24, 2.45) is 5.92 Å². The number of carbonyl (C=O) groups is 1. The summed E-state index contributed by atoms with van der Waals surface area (Å²) in [4.78, 5) is 23.5. The van der Waals surface area contributed by atoms with E-state index in [2.05, 4.69) is 26.6 Å². The molecule has 0 radical (unpaired) electrons. The minimum Gasteiger partial charge on any atom is -0.356 e. The summed E-state index contributed by atoms with van der Waals surface area (Å²) in [6.45, 7) is 4.12. The van der Waals surface area contributed by atoms with E-state index in [1.54, 1.807) is 0 Å². The van der Waals surface area contributed by atoms with Crippen molar-refractivity contribution in [3.05, 3.63) is 36.0 Å². The van der Waals surface area contributed by atoms with Crippen molar-refractivity contribution in [2.45, 2.75) is 45.4 Å². The minimum atomic E-state index is 0.103. The molecule has 27 heavy (non-hydrogen) atoms. The van der Waals surface area contributed by atoms with E-state index in [4.69, 9.17) is 4.98 Å². The van der Waals surface area contributed by atoms with E-state index in [1.165, 1.54) is 32.1 Å². The van der Waals surface area contributed by atoms with Crippen molar-refractivity contribution in [3.63, 3.8) is 0 Å². The Balaban J connectivity index is 1.40. The zero-order valence-electron chi connectivity index (χ0n) is 15.9. The fourth-order valence-electron chi connectivity index (χ4n) is 3.46. The van der Waals surface area contributed by atoms with Gasteiger partial charge in [-0.1, -0.05) is 0 Å². The second-order valence-corrected chi connectivity index (χ2v) is 7.64. The van der Waals surface area contributed by atoms with Gasteiger partial charge >= 0.3 is 0 Å².